The summed E-state index contributed by atoms with van der Waals surface area (Å²) in [6.45, 7) is 1.65. The Balaban J connectivity index is 1.47. The van der Waals surface area contributed by atoms with Gasteiger partial charge in [-0.1, -0.05) is 32.1 Å². The van der Waals surface area contributed by atoms with E-state index in [1.807, 2.05) is 12.1 Å². The fourth-order valence-electron chi connectivity index (χ4n) is 5.09. The van der Waals surface area contributed by atoms with Gasteiger partial charge in [-0.3, -0.25) is 19.4 Å². The van der Waals surface area contributed by atoms with E-state index >= 15 is 0 Å². The monoisotopic (exact) mass is 494 g/mol. The number of rotatable bonds is 9. The minimum atomic E-state index is -0.520. The molecule has 1 saturated heterocycles. The summed E-state index contributed by atoms with van der Waals surface area (Å²) in [6, 6.07) is 3.96. The number of aryl methyl sites for hydroxylation is 1. The summed E-state index contributed by atoms with van der Waals surface area (Å²) in [6.07, 6.45) is 17.7. The first kappa shape index (κ1) is 26.1. The second-order valence-electron chi connectivity index (χ2n) is 9.98. The Morgan fingerprint density at radius 1 is 0.944 bits per heavy atom. The molecule has 0 spiro atoms. The van der Waals surface area contributed by atoms with Crippen molar-refractivity contribution in [1.29, 1.82) is 0 Å². The minimum absolute atomic E-state index is 0.00206. The number of nitrogens with one attached hydrogen (secondary N) is 2. The lowest BCUT2D eigenvalue weighted by Gasteiger charge is -2.21. The maximum atomic E-state index is 13.3. The molecule has 3 heterocycles. The summed E-state index contributed by atoms with van der Waals surface area (Å²) < 4.78 is 7.53. The first-order valence-corrected chi connectivity index (χ1v) is 13.4. The molecule has 2 aliphatic rings. The zero-order valence-corrected chi connectivity index (χ0v) is 21.0. The molecule has 0 aromatic carbocycles. The number of hydrogen-bond acceptors (Lipinski definition) is 5. The van der Waals surface area contributed by atoms with E-state index in [4.69, 9.17) is 4.74 Å². The van der Waals surface area contributed by atoms with E-state index in [1.54, 1.807) is 29.4 Å². The molecule has 8 heteroatoms. The number of nitrogens with zero attached hydrogens (tertiary/aromatic N) is 2. The van der Waals surface area contributed by atoms with Crippen molar-refractivity contribution >= 4 is 11.8 Å². The van der Waals surface area contributed by atoms with Crippen LogP contribution in [0.1, 0.15) is 90.5 Å². The third kappa shape index (κ3) is 7.50. The van der Waals surface area contributed by atoms with Gasteiger partial charge in [-0.2, -0.15) is 0 Å². The lowest BCUT2D eigenvalue weighted by Crippen LogP contribution is -2.40. The lowest BCUT2D eigenvalue weighted by molar-refractivity contribution is 0.0914. The number of amides is 2. The van der Waals surface area contributed by atoms with Gasteiger partial charge in [0.25, 0.3) is 11.8 Å². The molecular formula is C28H38N4O4. The molecule has 2 amide bonds. The van der Waals surface area contributed by atoms with Gasteiger partial charge in [0.15, 0.2) is 0 Å². The van der Waals surface area contributed by atoms with Gasteiger partial charge >= 0.3 is 0 Å². The zero-order valence-electron chi connectivity index (χ0n) is 21.0. The van der Waals surface area contributed by atoms with Crippen LogP contribution in [0.25, 0.3) is 0 Å². The van der Waals surface area contributed by atoms with Crippen molar-refractivity contribution < 1.29 is 14.3 Å². The van der Waals surface area contributed by atoms with Gasteiger partial charge in [0.2, 0.25) is 5.43 Å². The molecule has 2 aromatic heterocycles. The Kier molecular flexibility index (Phi) is 9.67. The van der Waals surface area contributed by atoms with E-state index in [9.17, 15) is 14.4 Å². The summed E-state index contributed by atoms with van der Waals surface area (Å²) in [4.78, 5) is 43.5. The Bertz CT molecular complexity index is 1050. The lowest BCUT2D eigenvalue weighted by atomic mass is 9.96. The molecule has 194 valence electrons. The van der Waals surface area contributed by atoms with E-state index in [0.717, 1.165) is 56.9 Å². The number of carbonyl (C=O) groups is 2. The third-order valence-corrected chi connectivity index (χ3v) is 7.12. The highest BCUT2D eigenvalue weighted by atomic mass is 16.5. The Morgan fingerprint density at radius 2 is 1.64 bits per heavy atom. The molecule has 1 aliphatic heterocycles. The molecular weight excluding hydrogens is 456 g/mol. The van der Waals surface area contributed by atoms with Gasteiger partial charge in [0.1, 0.15) is 11.1 Å². The molecule has 1 aliphatic carbocycles. The van der Waals surface area contributed by atoms with Crippen molar-refractivity contribution in [2.24, 2.45) is 0 Å². The van der Waals surface area contributed by atoms with Gasteiger partial charge in [0.05, 0.1) is 6.10 Å². The standard InChI is InChI=1S/C28H38N4O4/c33-26-24(27(34)30-14-6-8-21-12-15-29-16-13-21)19-32(18-23-11-7-17-36-23)20-25(26)28(35)31-22-9-4-2-1-3-5-10-22/h12-13,15-16,19-20,22-23H,1-11,14,17-18H2,(H,30,34)(H,31,35). The van der Waals surface area contributed by atoms with Crippen LogP contribution in [-0.4, -0.2) is 46.7 Å². The quantitative estimate of drug-likeness (QED) is 0.519. The highest BCUT2D eigenvalue weighted by molar-refractivity contribution is 5.99. The van der Waals surface area contributed by atoms with Crippen molar-refractivity contribution in [2.45, 2.75) is 89.3 Å². The molecule has 1 atom stereocenters. The molecule has 2 fully saturated rings. The van der Waals surface area contributed by atoms with Crippen LogP contribution < -0.4 is 16.1 Å². The highest BCUT2D eigenvalue weighted by Gasteiger charge is 2.23. The second kappa shape index (κ2) is 13.3. The minimum Gasteiger partial charge on any atom is -0.376 e. The van der Waals surface area contributed by atoms with Gasteiger partial charge in [-0.15, -0.1) is 0 Å². The fourth-order valence-corrected chi connectivity index (χ4v) is 5.09. The smallest absolute Gasteiger partial charge is 0.256 e. The number of hydrogen-bond donors (Lipinski definition) is 2. The predicted octanol–water partition coefficient (Wildman–Crippen LogP) is 3.63. The third-order valence-electron chi connectivity index (χ3n) is 7.12. The van der Waals surface area contributed by atoms with Gasteiger partial charge in [-0.25, -0.2) is 0 Å². The molecule has 1 saturated carbocycles. The zero-order chi connectivity index (χ0) is 25.2. The summed E-state index contributed by atoms with van der Waals surface area (Å²) in [7, 11) is 0. The van der Waals surface area contributed by atoms with E-state index in [-0.39, 0.29) is 29.2 Å². The maximum Gasteiger partial charge on any atom is 0.256 e. The fraction of sp³-hybridized carbons (Fsp3) is 0.571. The molecule has 8 nitrogen and oxygen atoms in total. The number of pyridine rings is 2. The highest BCUT2D eigenvalue weighted by Crippen LogP contribution is 2.18. The van der Waals surface area contributed by atoms with E-state index in [0.29, 0.717) is 19.7 Å². The van der Waals surface area contributed by atoms with Crippen LogP contribution in [0.3, 0.4) is 0 Å². The second-order valence-corrected chi connectivity index (χ2v) is 9.98. The molecule has 1 unspecified atom stereocenters. The Hall–Kier alpha value is -3.00. The SMILES string of the molecule is O=C(NCCCc1ccncc1)c1cn(CC2CCCO2)cc(C(=O)NC2CCCCCCC2)c1=O. The largest absolute Gasteiger partial charge is 0.376 e. The van der Waals surface area contributed by atoms with Crippen molar-refractivity contribution in [3.8, 4) is 0 Å². The van der Waals surface area contributed by atoms with E-state index in [1.165, 1.54) is 19.3 Å². The number of ether oxygens (including phenoxy) is 1. The molecule has 36 heavy (non-hydrogen) atoms. The van der Waals surface area contributed by atoms with Crippen molar-refractivity contribution in [3.05, 3.63) is 63.8 Å². The van der Waals surface area contributed by atoms with Crippen LogP contribution in [0.5, 0.6) is 0 Å². The first-order valence-electron chi connectivity index (χ1n) is 13.4. The topological polar surface area (TPSA) is 102 Å². The van der Waals surface area contributed by atoms with Gasteiger partial charge < -0.3 is 19.9 Å². The van der Waals surface area contributed by atoms with Crippen LogP contribution in [0.4, 0.5) is 0 Å². The summed E-state index contributed by atoms with van der Waals surface area (Å²) in [5, 5.41) is 5.94. The van der Waals surface area contributed by atoms with Crippen LogP contribution >= 0.6 is 0 Å². The van der Waals surface area contributed by atoms with Crippen LogP contribution in [0, 0.1) is 0 Å². The summed E-state index contributed by atoms with van der Waals surface area (Å²) in [5.74, 6) is -0.838. The van der Waals surface area contributed by atoms with E-state index in [2.05, 4.69) is 15.6 Å². The number of aromatic nitrogens is 2. The average molecular weight is 495 g/mol. The van der Waals surface area contributed by atoms with E-state index < -0.39 is 11.3 Å². The van der Waals surface area contributed by atoms with Crippen molar-refractivity contribution in [3.63, 3.8) is 0 Å². The first-order chi connectivity index (χ1) is 17.6. The number of carbonyl (C=O) groups excluding carboxylic acids is 2. The molecule has 4 rings (SSSR count). The summed E-state index contributed by atoms with van der Waals surface area (Å²) >= 11 is 0. The predicted molar refractivity (Wildman–Crippen MR) is 138 cm³/mol. The molecule has 0 bridgehead atoms. The Morgan fingerprint density at radius 3 is 2.33 bits per heavy atom. The van der Waals surface area contributed by atoms with Crippen LogP contribution in [0.2, 0.25) is 0 Å². The van der Waals surface area contributed by atoms with Crippen molar-refractivity contribution in [1.82, 2.24) is 20.2 Å². The van der Waals surface area contributed by atoms with Crippen LogP contribution in [0.15, 0.2) is 41.7 Å². The van der Waals surface area contributed by atoms with Gasteiger partial charge in [0, 0.05) is 50.5 Å². The van der Waals surface area contributed by atoms with Gasteiger partial charge in [-0.05, 0) is 56.2 Å². The molecule has 2 N–H and O–H groups in total. The Labute approximate surface area is 212 Å². The van der Waals surface area contributed by atoms with Crippen LogP contribution in [-0.2, 0) is 17.7 Å². The molecule has 0 radical (unpaired) electrons. The molecule has 2 aromatic rings. The maximum absolute atomic E-state index is 13.3. The average Bonchev–Trinajstić information content (AvgIpc) is 3.38. The normalized spacial score (nSPS) is 18.8. The summed E-state index contributed by atoms with van der Waals surface area (Å²) in [5.41, 5.74) is 0.654. The van der Waals surface area contributed by atoms with Crippen molar-refractivity contribution in [2.75, 3.05) is 13.2 Å².